The number of piperidine rings is 1. The molecule has 0 bridgehead atoms. The monoisotopic (exact) mass is 411 g/mol. The van der Waals surface area contributed by atoms with Gasteiger partial charge in [0.05, 0.1) is 4.92 Å². The standard InChI is InChI=1S/C23H29N3O4/c1-23(2,3)30-22(27)25-13-11-17(12-14-25)15-18-7-6-8-19(16-18)24-20-9-4-5-10-21(20)26(28)29/h4-10,16-17,24H,11-15H2,1-3H3. The molecule has 2 aromatic rings. The van der Waals surface area contributed by atoms with Crippen molar-refractivity contribution in [1.82, 2.24) is 4.90 Å². The Morgan fingerprint density at radius 3 is 2.53 bits per heavy atom. The highest BCUT2D eigenvalue weighted by Gasteiger charge is 2.27. The summed E-state index contributed by atoms with van der Waals surface area (Å²) in [5.74, 6) is 0.491. The maximum atomic E-state index is 12.2. The molecule has 1 N–H and O–H groups in total. The fourth-order valence-corrected chi connectivity index (χ4v) is 3.65. The number of ether oxygens (including phenoxy) is 1. The molecule has 1 aliphatic heterocycles. The number of hydrogen-bond acceptors (Lipinski definition) is 5. The number of hydrogen-bond donors (Lipinski definition) is 1. The second kappa shape index (κ2) is 9.15. The van der Waals surface area contributed by atoms with Gasteiger partial charge < -0.3 is 15.0 Å². The molecule has 1 fully saturated rings. The van der Waals surface area contributed by atoms with E-state index in [0.717, 1.165) is 24.9 Å². The van der Waals surface area contributed by atoms with Crippen LogP contribution in [-0.2, 0) is 11.2 Å². The highest BCUT2D eigenvalue weighted by Crippen LogP contribution is 2.29. The average Bonchev–Trinajstić information content (AvgIpc) is 2.68. The quantitative estimate of drug-likeness (QED) is 0.517. The summed E-state index contributed by atoms with van der Waals surface area (Å²) >= 11 is 0. The first-order valence-electron chi connectivity index (χ1n) is 10.3. The highest BCUT2D eigenvalue weighted by molar-refractivity contribution is 5.69. The van der Waals surface area contributed by atoms with Crippen molar-refractivity contribution in [3.8, 4) is 0 Å². The molecule has 30 heavy (non-hydrogen) atoms. The van der Waals surface area contributed by atoms with Gasteiger partial charge >= 0.3 is 6.09 Å². The Kier molecular flexibility index (Phi) is 6.59. The van der Waals surface area contributed by atoms with Crippen LogP contribution in [0.3, 0.4) is 0 Å². The summed E-state index contributed by atoms with van der Waals surface area (Å²) in [6, 6.07) is 14.6. The lowest BCUT2D eigenvalue weighted by Crippen LogP contribution is -2.42. The van der Waals surface area contributed by atoms with Crippen molar-refractivity contribution in [3.63, 3.8) is 0 Å². The topological polar surface area (TPSA) is 84.7 Å². The van der Waals surface area contributed by atoms with Gasteiger partial charge in [0.2, 0.25) is 0 Å². The zero-order valence-electron chi connectivity index (χ0n) is 17.8. The second-order valence-electron chi connectivity index (χ2n) is 8.71. The van der Waals surface area contributed by atoms with Crippen LogP contribution in [0.25, 0.3) is 0 Å². The van der Waals surface area contributed by atoms with Gasteiger partial charge in [-0.2, -0.15) is 0 Å². The number of carbonyl (C=O) groups is 1. The fourth-order valence-electron chi connectivity index (χ4n) is 3.65. The van der Waals surface area contributed by atoms with E-state index >= 15 is 0 Å². The average molecular weight is 412 g/mol. The van der Waals surface area contributed by atoms with Crippen molar-refractivity contribution >= 4 is 23.2 Å². The van der Waals surface area contributed by atoms with Crippen LogP contribution < -0.4 is 5.32 Å². The lowest BCUT2D eigenvalue weighted by atomic mass is 9.90. The molecule has 0 radical (unpaired) electrons. The van der Waals surface area contributed by atoms with Gasteiger partial charge in [-0.15, -0.1) is 0 Å². The number of nitro groups is 1. The molecule has 0 unspecified atom stereocenters. The summed E-state index contributed by atoms with van der Waals surface area (Å²) in [6.07, 6.45) is 2.54. The van der Waals surface area contributed by atoms with Gasteiger partial charge in [0.1, 0.15) is 11.3 Å². The number of anilines is 2. The number of likely N-dealkylation sites (tertiary alicyclic amines) is 1. The van der Waals surface area contributed by atoms with Crippen LogP contribution in [0, 0.1) is 16.0 Å². The molecule has 7 nitrogen and oxygen atoms in total. The van der Waals surface area contributed by atoms with Crippen LogP contribution in [-0.4, -0.2) is 34.6 Å². The van der Waals surface area contributed by atoms with Gasteiger partial charge in [-0.1, -0.05) is 24.3 Å². The lowest BCUT2D eigenvalue weighted by molar-refractivity contribution is -0.383. The molecule has 3 rings (SSSR count). The molecule has 160 valence electrons. The Bertz CT molecular complexity index is 899. The van der Waals surface area contributed by atoms with Gasteiger partial charge in [-0.3, -0.25) is 10.1 Å². The minimum absolute atomic E-state index is 0.0532. The number of amides is 1. The molecule has 7 heteroatoms. The van der Waals surface area contributed by atoms with Crippen molar-refractivity contribution in [3.05, 3.63) is 64.2 Å². The van der Waals surface area contributed by atoms with Crippen molar-refractivity contribution in [1.29, 1.82) is 0 Å². The number of para-hydroxylation sites is 2. The first-order chi connectivity index (χ1) is 14.2. The fraction of sp³-hybridized carbons (Fsp3) is 0.435. The lowest BCUT2D eigenvalue weighted by Gasteiger charge is -2.33. The van der Waals surface area contributed by atoms with Crippen LogP contribution in [0.5, 0.6) is 0 Å². The highest BCUT2D eigenvalue weighted by atomic mass is 16.6. The molecular weight excluding hydrogens is 382 g/mol. The molecule has 1 amide bonds. The van der Waals surface area contributed by atoms with Crippen LogP contribution in [0.15, 0.2) is 48.5 Å². The molecule has 1 aliphatic rings. The Morgan fingerprint density at radius 2 is 1.87 bits per heavy atom. The summed E-state index contributed by atoms with van der Waals surface area (Å²) in [7, 11) is 0. The van der Waals surface area contributed by atoms with E-state index < -0.39 is 5.60 Å². The Balaban J connectivity index is 1.58. The zero-order valence-corrected chi connectivity index (χ0v) is 17.8. The first-order valence-corrected chi connectivity index (χ1v) is 10.3. The summed E-state index contributed by atoms with van der Waals surface area (Å²) in [6.45, 7) is 7.04. The third kappa shape index (κ3) is 5.95. The van der Waals surface area contributed by atoms with E-state index in [0.29, 0.717) is 24.7 Å². The molecule has 1 saturated heterocycles. The van der Waals surface area contributed by atoms with Crippen molar-refractivity contribution in [2.24, 2.45) is 5.92 Å². The molecule has 0 aliphatic carbocycles. The Hall–Kier alpha value is -3.09. The van der Waals surface area contributed by atoms with Gasteiger partial charge in [-0.05, 0) is 69.7 Å². The third-order valence-electron chi connectivity index (χ3n) is 5.10. The van der Waals surface area contributed by atoms with Crippen LogP contribution in [0.2, 0.25) is 0 Å². The molecule has 0 atom stereocenters. The van der Waals surface area contributed by atoms with Crippen molar-refractivity contribution < 1.29 is 14.5 Å². The summed E-state index contributed by atoms with van der Waals surface area (Å²) in [5, 5.41) is 14.4. The molecule has 2 aromatic carbocycles. The van der Waals surface area contributed by atoms with E-state index in [9.17, 15) is 14.9 Å². The largest absolute Gasteiger partial charge is 0.444 e. The predicted octanol–water partition coefficient (Wildman–Crippen LogP) is 5.53. The number of benzene rings is 2. The molecular formula is C23H29N3O4. The predicted molar refractivity (Wildman–Crippen MR) is 117 cm³/mol. The summed E-state index contributed by atoms with van der Waals surface area (Å²) in [4.78, 5) is 24.8. The maximum absolute atomic E-state index is 12.2. The zero-order chi connectivity index (χ0) is 21.7. The second-order valence-corrected chi connectivity index (χ2v) is 8.71. The number of nitro benzene ring substituents is 1. The first kappa shape index (κ1) is 21.6. The van der Waals surface area contributed by atoms with Gasteiger partial charge in [0.25, 0.3) is 5.69 Å². The van der Waals surface area contributed by atoms with Crippen molar-refractivity contribution in [2.45, 2.75) is 45.6 Å². The van der Waals surface area contributed by atoms with Gasteiger partial charge in [0, 0.05) is 24.8 Å². The summed E-state index contributed by atoms with van der Waals surface area (Å²) in [5.41, 5.74) is 2.06. The number of carbonyl (C=O) groups excluding carboxylic acids is 1. The normalized spacial score (nSPS) is 15.0. The molecule has 1 heterocycles. The number of nitrogens with zero attached hydrogens (tertiary/aromatic N) is 2. The van der Waals surface area contributed by atoms with Crippen molar-refractivity contribution in [2.75, 3.05) is 18.4 Å². The Labute approximate surface area is 177 Å². The van der Waals surface area contributed by atoms with Crippen LogP contribution in [0.1, 0.15) is 39.2 Å². The maximum Gasteiger partial charge on any atom is 0.410 e. The Morgan fingerprint density at radius 1 is 1.17 bits per heavy atom. The van der Waals surface area contributed by atoms with E-state index in [-0.39, 0.29) is 16.7 Å². The third-order valence-corrected chi connectivity index (χ3v) is 5.10. The number of nitrogens with one attached hydrogen (secondary N) is 1. The minimum Gasteiger partial charge on any atom is -0.444 e. The minimum atomic E-state index is -0.477. The summed E-state index contributed by atoms with van der Waals surface area (Å²) < 4.78 is 5.46. The van der Waals surface area contributed by atoms with Gasteiger partial charge in [-0.25, -0.2) is 4.79 Å². The van der Waals surface area contributed by atoms with E-state index in [1.54, 1.807) is 23.1 Å². The number of rotatable bonds is 5. The molecule has 0 aromatic heterocycles. The van der Waals surface area contributed by atoms with Crippen LogP contribution >= 0.6 is 0 Å². The van der Waals surface area contributed by atoms with E-state index in [2.05, 4.69) is 11.4 Å². The van der Waals surface area contributed by atoms with E-state index in [1.807, 2.05) is 39.0 Å². The molecule has 0 saturated carbocycles. The van der Waals surface area contributed by atoms with E-state index in [1.165, 1.54) is 11.6 Å². The SMILES string of the molecule is CC(C)(C)OC(=O)N1CCC(Cc2cccc(Nc3ccccc3[N+](=O)[O-])c2)CC1. The van der Waals surface area contributed by atoms with Gasteiger partial charge in [0.15, 0.2) is 0 Å². The molecule has 0 spiro atoms. The smallest absolute Gasteiger partial charge is 0.410 e. The van der Waals surface area contributed by atoms with E-state index in [4.69, 9.17) is 4.74 Å². The van der Waals surface area contributed by atoms with Crippen LogP contribution in [0.4, 0.5) is 21.9 Å².